The zero-order valence-electron chi connectivity index (χ0n) is 11.8. The average molecular weight is 281 g/mol. The van der Waals surface area contributed by atoms with E-state index in [9.17, 15) is 4.79 Å². The number of aromatic carboxylic acids is 1. The molecule has 0 bridgehead atoms. The van der Waals surface area contributed by atoms with Crippen molar-refractivity contribution >= 4 is 11.7 Å². The van der Waals surface area contributed by atoms with Crippen LogP contribution in [0.2, 0.25) is 0 Å². The summed E-state index contributed by atoms with van der Waals surface area (Å²) < 4.78 is 16.3. The monoisotopic (exact) mass is 281 g/mol. The van der Waals surface area contributed by atoms with E-state index in [0.717, 1.165) is 0 Å². The maximum atomic E-state index is 11.0. The van der Waals surface area contributed by atoms with Gasteiger partial charge in [0.05, 0.1) is 37.6 Å². The van der Waals surface area contributed by atoms with Gasteiger partial charge in [-0.2, -0.15) is 0 Å². The predicted octanol–water partition coefficient (Wildman–Crippen LogP) is 1.96. The summed E-state index contributed by atoms with van der Waals surface area (Å²) in [6, 6.07) is 4.62. The van der Waals surface area contributed by atoms with Crippen LogP contribution in [0.1, 0.15) is 24.2 Å². The lowest BCUT2D eigenvalue weighted by Crippen LogP contribution is -2.45. The second-order valence-corrected chi connectivity index (χ2v) is 5.08. The van der Waals surface area contributed by atoms with Gasteiger partial charge in [-0.15, -0.1) is 0 Å². The van der Waals surface area contributed by atoms with Gasteiger partial charge in [0.2, 0.25) is 0 Å². The van der Waals surface area contributed by atoms with Gasteiger partial charge in [-0.1, -0.05) is 0 Å². The Morgan fingerprint density at radius 3 is 2.60 bits per heavy atom. The normalized spacial score (nSPS) is 18.6. The minimum absolute atomic E-state index is 0.0547. The third-order valence-corrected chi connectivity index (χ3v) is 3.07. The zero-order valence-corrected chi connectivity index (χ0v) is 11.8. The molecule has 2 rings (SSSR count). The summed E-state index contributed by atoms with van der Waals surface area (Å²) >= 11 is 0. The summed E-state index contributed by atoms with van der Waals surface area (Å²) in [5.41, 5.74) is 0.815. The van der Waals surface area contributed by atoms with E-state index >= 15 is 0 Å². The van der Waals surface area contributed by atoms with Crippen LogP contribution >= 0.6 is 0 Å². The largest absolute Gasteiger partial charge is 0.495 e. The number of ether oxygens (including phenoxy) is 3. The molecule has 6 nitrogen and oxygen atoms in total. The van der Waals surface area contributed by atoms with Gasteiger partial charge in [0.15, 0.2) is 5.79 Å². The van der Waals surface area contributed by atoms with E-state index in [4.69, 9.17) is 19.3 Å². The van der Waals surface area contributed by atoms with Gasteiger partial charge in [0, 0.05) is 0 Å². The van der Waals surface area contributed by atoms with Gasteiger partial charge < -0.3 is 24.6 Å². The molecule has 0 aliphatic carbocycles. The van der Waals surface area contributed by atoms with Crippen molar-refractivity contribution in [2.45, 2.75) is 25.7 Å². The van der Waals surface area contributed by atoms with Crippen LogP contribution in [0.3, 0.4) is 0 Å². The van der Waals surface area contributed by atoms with Crippen LogP contribution in [0.25, 0.3) is 0 Å². The van der Waals surface area contributed by atoms with Crippen LogP contribution in [0.15, 0.2) is 18.2 Å². The fourth-order valence-electron chi connectivity index (χ4n) is 1.95. The Bertz CT molecular complexity index is 490. The van der Waals surface area contributed by atoms with E-state index in [1.807, 2.05) is 13.8 Å². The summed E-state index contributed by atoms with van der Waals surface area (Å²) in [6.07, 6.45) is 0. The third-order valence-electron chi connectivity index (χ3n) is 3.07. The highest BCUT2D eigenvalue weighted by molar-refractivity contribution is 5.89. The highest BCUT2D eigenvalue weighted by Gasteiger charge is 2.28. The molecule has 1 aromatic rings. The van der Waals surface area contributed by atoms with Crippen molar-refractivity contribution in [2.75, 3.05) is 25.6 Å². The third kappa shape index (κ3) is 3.40. The van der Waals surface area contributed by atoms with Crippen LogP contribution in [0, 0.1) is 0 Å². The molecule has 1 saturated heterocycles. The van der Waals surface area contributed by atoms with Gasteiger partial charge in [-0.05, 0) is 32.0 Å². The van der Waals surface area contributed by atoms with E-state index in [-0.39, 0.29) is 11.6 Å². The molecule has 2 N–H and O–H groups in total. The molecule has 0 spiro atoms. The Kier molecular flexibility index (Phi) is 4.15. The molecular weight excluding hydrogens is 262 g/mol. The number of rotatable bonds is 4. The van der Waals surface area contributed by atoms with E-state index in [0.29, 0.717) is 24.7 Å². The van der Waals surface area contributed by atoms with E-state index < -0.39 is 11.8 Å². The molecule has 0 aromatic heterocycles. The summed E-state index contributed by atoms with van der Waals surface area (Å²) in [4.78, 5) is 11.0. The Morgan fingerprint density at radius 1 is 1.40 bits per heavy atom. The molecule has 1 fully saturated rings. The summed E-state index contributed by atoms with van der Waals surface area (Å²) in [5, 5.41) is 12.2. The lowest BCUT2D eigenvalue weighted by Gasteiger charge is -2.35. The van der Waals surface area contributed by atoms with Gasteiger partial charge in [-0.3, -0.25) is 0 Å². The quantitative estimate of drug-likeness (QED) is 0.878. The first kappa shape index (κ1) is 14.6. The number of carbonyl (C=O) groups is 1. The summed E-state index contributed by atoms with van der Waals surface area (Å²) in [5.74, 6) is -0.974. The minimum atomic E-state index is -0.979. The number of benzene rings is 1. The van der Waals surface area contributed by atoms with Crippen molar-refractivity contribution in [3.63, 3.8) is 0 Å². The molecule has 20 heavy (non-hydrogen) atoms. The Hall–Kier alpha value is -1.79. The van der Waals surface area contributed by atoms with Crippen molar-refractivity contribution in [2.24, 2.45) is 0 Å². The summed E-state index contributed by atoms with van der Waals surface area (Å²) in [6.45, 7) is 4.67. The van der Waals surface area contributed by atoms with Gasteiger partial charge >= 0.3 is 5.97 Å². The Labute approximate surface area is 117 Å². The first-order valence-electron chi connectivity index (χ1n) is 6.37. The molecule has 1 heterocycles. The lowest BCUT2D eigenvalue weighted by molar-refractivity contribution is -0.247. The van der Waals surface area contributed by atoms with Gasteiger partial charge in [-0.25, -0.2) is 4.79 Å². The van der Waals surface area contributed by atoms with Crippen LogP contribution in [0.4, 0.5) is 5.69 Å². The standard InChI is InChI=1S/C14H19NO5/c1-14(2)19-7-10(8-20-14)15-11-6-9(13(16)17)4-5-12(11)18-3/h4-6,10,15H,7-8H2,1-3H3,(H,16,17). The number of anilines is 1. The fraction of sp³-hybridized carbons (Fsp3) is 0.500. The Morgan fingerprint density at radius 2 is 2.05 bits per heavy atom. The number of nitrogens with one attached hydrogen (secondary N) is 1. The number of hydrogen-bond acceptors (Lipinski definition) is 5. The molecule has 0 saturated carbocycles. The molecular formula is C14H19NO5. The first-order valence-corrected chi connectivity index (χ1v) is 6.37. The molecule has 0 unspecified atom stereocenters. The summed E-state index contributed by atoms with van der Waals surface area (Å²) in [7, 11) is 1.54. The topological polar surface area (TPSA) is 77.0 Å². The molecule has 0 atom stereocenters. The van der Waals surface area contributed by atoms with Crippen LogP contribution in [-0.2, 0) is 9.47 Å². The maximum Gasteiger partial charge on any atom is 0.335 e. The molecule has 1 aliphatic heterocycles. The molecule has 0 amide bonds. The molecule has 1 aliphatic rings. The first-order chi connectivity index (χ1) is 9.41. The highest BCUT2D eigenvalue weighted by Crippen LogP contribution is 2.28. The molecule has 1 aromatic carbocycles. The van der Waals surface area contributed by atoms with Crippen molar-refractivity contribution < 1.29 is 24.1 Å². The Balaban J connectivity index is 2.12. The fourth-order valence-corrected chi connectivity index (χ4v) is 1.95. The van der Waals surface area contributed by atoms with Crippen molar-refractivity contribution in [1.82, 2.24) is 0 Å². The second-order valence-electron chi connectivity index (χ2n) is 5.08. The molecule has 6 heteroatoms. The molecule has 0 radical (unpaired) electrons. The minimum Gasteiger partial charge on any atom is -0.495 e. The molecule has 110 valence electrons. The van der Waals surface area contributed by atoms with Crippen LogP contribution in [0.5, 0.6) is 5.75 Å². The number of carboxylic acids is 1. The van der Waals surface area contributed by atoms with Crippen LogP contribution < -0.4 is 10.1 Å². The number of methoxy groups -OCH3 is 1. The second kappa shape index (κ2) is 5.68. The van der Waals surface area contributed by atoms with Crippen molar-refractivity contribution in [1.29, 1.82) is 0 Å². The van der Waals surface area contributed by atoms with Crippen molar-refractivity contribution in [3.8, 4) is 5.75 Å². The number of carboxylic acid groups (broad SMARTS) is 1. The van der Waals surface area contributed by atoms with Crippen molar-refractivity contribution in [3.05, 3.63) is 23.8 Å². The zero-order chi connectivity index (χ0) is 14.8. The highest BCUT2D eigenvalue weighted by atomic mass is 16.7. The van der Waals surface area contributed by atoms with Gasteiger partial charge in [0.25, 0.3) is 0 Å². The van der Waals surface area contributed by atoms with Crippen LogP contribution in [-0.4, -0.2) is 43.2 Å². The van der Waals surface area contributed by atoms with E-state index in [1.165, 1.54) is 13.2 Å². The van der Waals surface area contributed by atoms with Gasteiger partial charge in [0.1, 0.15) is 5.75 Å². The lowest BCUT2D eigenvalue weighted by atomic mass is 10.1. The predicted molar refractivity (Wildman–Crippen MR) is 73.3 cm³/mol. The number of hydrogen-bond donors (Lipinski definition) is 2. The smallest absolute Gasteiger partial charge is 0.335 e. The SMILES string of the molecule is COc1ccc(C(=O)O)cc1NC1COC(C)(C)OC1. The van der Waals surface area contributed by atoms with E-state index in [1.54, 1.807) is 12.1 Å². The average Bonchev–Trinajstić information content (AvgIpc) is 2.41. The van der Waals surface area contributed by atoms with E-state index in [2.05, 4.69) is 5.32 Å². The maximum absolute atomic E-state index is 11.0.